The molecule has 0 aliphatic carbocycles. The third kappa shape index (κ3) is 4.87. The van der Waals surface area contributed by atoms with Crippen LogP contribution in [0.25, 0.3) is 0 Å². The second-order valence-corrected chi connectivity index (χ2v) is 5.12. The van der Waals surface area contributed by atoms with E-state index >= 15 is 0 Å². The average molecular weight is 344 g/mol. The lowest BCUT2D eigenvalue weighted by molar-refractivity contribution is -0.123. The predicted molar refractivity (Wildman–Crippen MR) is 91.8 cm³/mol. The normalized spacial score (nSPS) is 10.0. The molecule has 2 aromatic carbocycles. The lowest BCUT2D eigenvalue weighted by atomic mass is 10.2. The summed E-state index contributed by atoms with van der Waals surface area (Å²) in [6, 6.07) is 11.9. The van der Waals surface area contributed by atoms with Crippen molar-refractivity contribution in [2.75, 3.05) is 20.8 Å². The molecule has 0 fully saturated rings. The zero-order chi connectivity index (χ0) is 18.2. The highest BCUT2D eigenvalue weighted by molar-refractivity contribution is 5.95. The van der Waals surface area contributed by atoms with E-state index in [1.54, 1.807) is 50.6 Å². The molecule has 0 heterocycles. The minimum absolute atomic E-state index is 0.225. The number of benzene rings is 2. The first kappa shape index (κ1) is 18.1. The summed E-state index contributed by atoms with van der Waals surface area (Å²) in [5, 5.41) is 2.73. The van der Waals surface area contributed by atoms with Crippen LogP contribution in [0.1, 0.15) is 15.9 Å². The molecule has 0 aliphatic heterocycles. The second-order valence-electron chi connectivity index (χ2n) is 5.12. The van der Waals surface area contributed by atoms with Crippen LogP contribution in [0.4, 0.5) is 0 Å². The monoisotopic (exact) mass is 344 g/mol. The molecule has 0 unspecified atom stereocenters. The maximum absolute atomic E-state index is 11.9. The topological polar surface area (TPSA) is 99.9 Å². The summed E-state index contributed by atoms with van der Waals surface area (Å²) in [4.78, 5) is 23.2. The molecule has 0 aliphatic rings. The van der Waals surface area contributed by atoms with Crippen molar-refractivity contribution in [1.82, 2.24) is 5.32 Å². The van der Waals surface area contributed by atoms with E-state index in [2.05, 4.69) is 5.32 Å². The number of primary amides is 1. The van der Waals surface area contributed by atoms with Gasteiger partial charge in [-0.1, -0.05) is 18.2 Å². The Hall–Kier alpha value is -3.22. The smallest absolute Gasteiger partial charge is 0.258 e. The Morgan fingerprint density at radius 2 is 1.72 bits per heavy atom. The van der Waals surface area contributed by atoms with Crippen LogP contribution in [0, 0.1) is 0 Å². The number of methoxy groups -OCH3 is 2. The van der Waals surface area contributed by atoms with Gasteiger partial charge in [-0.15, -0.1) is 0 Å². The minimum Gasteiger partial charge on any atom is -0.493 e. The van der Waals surface area contributed by atoms with Gasteiger partial charge in [-0.3, -0.25) is 9.59 Å². The van der Waals surface area contributed by atoms with Crippen LogP contribution in [0.3, 0.4) is 0 Å². The van der Waals surface area contributed by atoms with Crippen LogP contribution >= 0.6 is 0 Å². The lowest BCUT2D eigenvalue weighted by Gasteiger charge is -2.11. The lowest BCUT2D eigenvalue weighted by Crippen LogP contribution is -2.28. The molecule has 0 bridgehead atoms. The molecule has 0 radical (unpaired) electrons. The number of ether oxygens (including phenoxy) is 3. The number of nitrogens with two attached hydrogens (primary N) is 1. The van der Waals surface area contributed by atoms with Crippen LogP contribution in [0.5, 0.6) is 17.2 Å². The number of carbonyl (C=O) groups is 2. The molecule has 0 aromatic heterocycles. The van der Waals surface area contributed by atoms with Gasteiger partial charge in [0.25, 0.3) is 11.8 Å². The molecule has 7 heteroatoms. The van der Waals surface area contributed by atoms with Gasteiger partial charge in [0.2, 0.25) is 0 Å². The molecule has 2 amide bonds. The van der Waals surface area contributed by atoms with E-state index in [4.69, 9.17) is 19.9 Å². The van der Waals surface area contributed by atoms with Gasteiger partial charge < -0.3 is 25.3 Å². The molecule has 3 N–H and O–H groups in total. The Kier molecular flexibility index (Phi) is 6.22. The molecule has 2 aromatic rings. The first-order valence-electron chi connectivity index (χ1n) is 7.54. The highest BCUT2D eigenvalue weighted by Gasteiger charge is 2.11. The van der Waals surface area contributed by atoms with Crippen molar-refractivity contribution < 1.29 is 23.8 Å². The van der Waals surface area contributed by atoms with Crippen LogP contribution in [-0.4, -0.2) is 32.6 Å². The van der Waals surface area contributed by atoms with Crippen molar-refractivity contribution in [2.24, 2.45) is 5.73 Å². The van der Waals surface area contributed by atoms with E-state index in [-0.39, 0.29) is 23.8 Å². The summed E-state index contributed by atoms with van der Waals surface area (Å²) in [5.74, 6) is 0.538. The molecule has 25 heavy (non-hydrogen) atoms. The van der Waals surface area contributed by atoms with E-state index in [1.165, 1.54) is 0 Å². The van der Waals surface area contributed by atoms with E-state index in [0.29, 0.717) is 18.0 Å². The van der Waals surface area contributed by atoms with Gasteiger partial charge in [-0.2, -0.15) is 0 Å². The number of rotatable bonds is 8. The van der Waals surface area contributed by atoms with Crippen molar-refractivity contribution in [3.8, 4) is 17.2 Å². The number of nitrogens with one attached hydrogen (secondary N) is 1. The number of para-hydroxylation sites is 1. The summed E-state index contributed by atoms with van der Waals surface area (Å²) >= 11 is 0. The second kappa shape index (κ2) is 8.58. The summed E-state index contributed by atoms with van der Waals surface area (Å²) in [6.45, 7) is 0.0809. The summed E-state index contributed by atoms with van der Waals surface area (Å²) in [6.07, 6.45) is 0. The van der Waals surface area contributed by atoms with E-state index in [9.17, 15) is 9.59 Å². The van der Waals surface area contributed by atoms with Gasteiger partial charge in [0.05, 0.1) is 19.8 Å². The SMILES string of the molecule is COc1ccc(CNC(=O)COc2ccccc2C(N)=O)cc1OC. The quantitative estimate of drug-likeness (QED) is 0.756. The highest BCUT2D eigenvalue weighted by atomic mass is 16.5. The Morgan fingerprint density at radius 3 is 2.40 bits per heavy atom. The minimum atomic E-state index is -0.610. The Labute approximate surface area is 145 Å². The number of hydrogen-bond donors (Lipinski definition) is 2. The van der Waals surface area contributed by atoms with Gasteiger partial charge >= 0.3 is 0 Å². The summed E-state index contributed by atoms with van der Waals surface area (Å²) < 4.78 is 15.8. The molecule has 7 nitrogen and oxygen atoms in total. The number of carbonyl (C=O) groups excluding carboxylic acids is 2. The third-order valence-electron chi connectivity index (χ3n) is 3.45. The Balaban J connectivity index is 1.90. The molecular weight excluding hydrogens is 324 g/mol. The molecule has 132 valence electrons. The van der Waals surface area contributed by atoms with Crippen LogP contribution in [-0.2, 0) is 11.3 Å². The van der Waals surface area contributed by atoms with Gasteiger partial charge in [-0.05, 0) is 29.8 Å². The molecule has 2 rings (SSSR count). The molecule has 0 saturated carbocycles. The first-order chi connectivity index (χ1) is 12.0. The van der Waals surface area contributed by atoms with Crippen molar-refractivity contribution in [3.05, 3.63) is 53.6 Å². The van der Waals surface area contributed by atoms with Crippen LogP contribution in [0.2, 0.25) is 0 Å². The van der Waals surface area contributed by atoms with Crippen molar-refractivity contribution in [1.29, 1.82) is 0 Å². The standard InChI is InChI=1S/C18H20N2O5/c1-23-15-8-7-12(9-16(15)24-2)10-20-17(21)11-25-14-6-4-3-5-13(14)18(19)22/h3-9H,10-11H2,1-2H3,(H2,19,22)(H,20,21). The maximum Gasteiger partial charge on any atom is 0.258 e. The fourth-order valence-corrected chi connectivity index (χ4v) is 2.18. The van der Waals surface area contributed by atoms with Crippen LogP contribution < -0.4 is 25.3 Å². The largest absolute Gasteiger partial charge is 0.493 e. The Bertz CT molecular complexity index is 761. The molecular formula is C18H20N2O5. The van der Waals surface area contributed by atoms with E-state index < -0.39 is 5.91 Å². The van der Waals surface area contributed by atoms with Crippen molar-refractivity contribution in [3.63, 3.8) is 0 Å². The fraction of sp³-hybridized carbons (Fsp3) is 0.222. The molecule has 0 spiro atoms. The molecule has 0 atom stereocenters. The van der Waals surface area contributed by atoms with E-state index in [1.807, 2.05) is 6.07 Å². The van der Waals surface area contributed by atoms with Gasteiger partial charge in [0.15, 0.2) is 18.1 Å². The first-order valence-corrected chi connectivity index (χ1v) is 7.54. The number of hydrogen-bond acceptors (Lipinski definition) is 5. The number of amides is 2. The fourth-order valence-electron chi connectivity index (χ4n) is 2.18. The van der Waals surface area contributed by atoms with Crippen LogP contribution in [0.15, 0.2) is 42.5 Å². The summed E-state index contributed by atoms with van der Waals surface area (Å²) in [7, 11) is 3.10. The van der Waals surface area contributed by atoms with Gasteiger partial charge in [-0.25, -0.2) is 0 Å². The zero-order valence-electron chi connectivity index (χ0n) is 14.1. The average Bonchev–Trinajstić information content (AvgIpc) is 2.64. The van der Waals surface area contributed by atoms with E-state index in [0.717, 1.165) is 5.56 Å². The van der Waals surface area contributed by atoms with Gasteiger partial charge in [0, 0.05) is 6.54 Å². The predicted octanol–water partition coefficient (Wildman–Crippen LogP) is 1.50. The highest BCUT2D eigenvalue weighted by Crippen LogP contribution is 2.27. The maximum atomic E-state index is 11.9. The summed E-state index contributed by atoms with van der Waals surface area (Å²) in [5.41, 5.74) is 6.35. The van der Waals surface area contributed by atoms with Gasteiger partial charge in [0.1, 0.15) is 5.75 Å². The Morgan fingerprint density at radius 1 is 1.00 bits per heavy atom. The van der Waals surface area contributed by atoms with Crippen molar-refractivity contribution >= 4 is 11.8 Å². The third-order valence-corrected chi connectivity index (χ3v) is 3.45. The van der Waals surface area contributed by atoms with Crippen molar-refractivity contribution in [2.45, 2.75) is 6.54 Å². The zero-order valence-corrected chi connectivity index (χ0v) is 14.1. The molecule has 0 saturated heterocycles.